The van der Waals surface area contributed by atoms with E-state index >= 15 is 0 Å². The molecule has 0 aliphatic rings. The second kappa shape index (κ2) is 8.19. The molecule has 0 bridgehead atoms. The monoisotopic (exact) mass is 384 g/mol. The number of amides is 1. The molecule has 0 aliphatic carbocycles. The smallest absolute Gasteiger partial charge is 0.257 e. The number of hydrogen-bond acceptors (Lipinski definition) is 4. The molecule has 2 rings (SSSR count). The van der Waals surface area contributed by atoms with E-state index in [0.717, 1.165) is 0 Å². The molecule has 1 amide bonds. The van der Waals surface area contributed by atoms with Crippen LogP contribution >= 0.6 is 35.4 Å². The van der Waals surface area contributed by atoms with Crippen LogP contribution in [-0.4, -0.2) is 25.2 Å². The number of halogens is 2. The van der Waals surface area contributed by atoms with E-state index in [9.17, 15) is 4.79 Å². The van der Waals surface area contributed by atoms with Gasteiger partial charge in [-0.25, -0.2) is 0 Å². The molecule has 0 radical (unpaired) electrons. The Morgan fingerprint density at radius 3 is 2.29 bits per heavy atom. The van der Waals surface area contributed by atoms with Crippen LogP contribution in [-0.2, 0) is 0 Å². The summed E-state index contributed by atoms with van der Waals surface area (Å²) in [5.41, 5.74) is 0.862. The quantitative estimate of drug-likeness (QED) is 0.775. The molecule has 5 nitrogen and oxygen atoms in total. The highest BCUT2D eigenvalue weighted by atomic mass is 35.5. The summed E-state index contributed by atoms with van der Waals surface area (Å²) in [6, 6.07) is 9.71. The van der Waals surface area contributed by atoms with Crippen molar-refractivity contribution < 1.29 is 14.3 Å². The topological polar surface area (TPSA) is 59.6 Å². The van der Waals surface area contributed by atoms with E-state index in [2.05, 4.69) is 10.6 Å². The molecule has 0 fully saturated rings. The van der Waals surface area contributed by atoms with E-state index in [1.165, 1.54) is 25.3 Å². The van der Waals surface area contributed by atoms with Gasteiger partial charge in [-0.3, -0.25) is 10.1 Å². The van der Waals surface area contributed by atoms with Crippen LogP contribution in [0.1, 0.15) is 10.4 Å². The van der Waals surface area contributed by atoms with E-state index in [1.807, 2.05) is 0 Å². The van der Waals surface area contributed by atoms with Gasteiger partial charge >= 0.3 is 0 Å². The summed E-state index contributed by atoms with van der Waals surface area (Å²) in [7, 11) is 3.08. The Morgan fingerprint density at radius 1 is 1.04 bits per heavy atom. The highest BCUT2D eigenvalue weighted by Gasteiger charge is 2.12. The molecular formula is C16H14Cl2N2O3S. The second-order valence-corrected chi connectivity index (χ2v) is 5.91. The van der Waals surface area contributed by atoms with Gasteiger partial charge in [-0.2, -0.15) is 0 Å². The first-order valence-corrected chi connectivity index (χ1v) is 7.90. The van der Waals surface area contributed by atoms with Crippen LogP contribution in [0.15, 0.2) is 36.4 Å². The number of carbonyl (C=O) groups is 1. The molecule has 0 saturated carbocycles. The Morgan fingerprint density at radius 2 is 1.71 bits per heavy atom. The molecule has 8 heteroatoms. The molecule has 126 valence electrons. The third-order valence-electron chi connectivity index (χ3n) is 3.01. The lowest BCUT2D eigenvalue weighted by Gasteiger charge is -2.14. The van der Waals surface area contributed by atoms with E-state index in [-0.39, 0.29) is 5.11 Å². The Kier molecular flexibility index (Phi) is 6.25. The lowest BCUT2D eigenvalue weighted by Crippen LogP contribution is -2.34. The summed E-state index contributed by atoms with van der Waals surface area (Å²) in [6.45, 7) is 0. The van der Waals surface area contributed by atoms with Crippen molar-refractivity contribution in [1.82, 2.24) is 5.32 Å². The highest BCUT2D eigenvalue weighted by Crippen LogP contribution is 2.28. The Balaban J connectivity index is 2.11. The van der Waals surface area contributed by atoms with Crippen LogP contribution in [0.3, 0.4) is 0 Å². The van der Waals surface area contributed by atoms with Gasteiger partial charge in [-0.15, -0.1) is 0 Å². The van der Waals surface area contributed by atoms with Gasteiger partial charge in [0.25, 0.3) is 5.91 Å². The van der Waals surface area contributed by atoms with Gasteiger partial charge in [-0.05, 0) is 42.5 Å². The van der Waals surface area contributed by atoms with Crippen molar-refractivity contribution in [3.8, 4) is 11.5 Å². The minimum Gasteiger partial charge on any atom is -0.497 e. The predicted molar refractivity (Wildman–Crippen MR) is 99.7 cm³/mol. The third kappa shape index (κ3) is 4.74. The average molecular weight is 385 g/mol. The fourth-order valence-corrected chi connectivity index (χ4v) is 2.65. The first kappa shape index (κ1) is 18.3. The van der Waals surface area contributed by atoms with Crippen molar-refractivity contribution in [3.63, 3.8) is 0 Å². The number of anilines is 1. The molecule has 0 aliphatic heterocycles. The van der Waals surface area contributed by atoms with E-state index < -0.39 is 5.91 Å². The molecule has 24 heavy (non-hydrogen) atoms. The first-order valence-electron chi connectivity index (χ1n) is 6.73. The molecule has 0 unspecified atom stereocenters. The zero-order chi connectivity index (χ0) is 17.7. The largest absolute Gasteiger partial charge is 0.497 e. The Hall–Kier alpha value is -2.02. The molecule has 0 spiro atoms. The van der Waals surface area contributed by atoms with Crippen LogP contribution in [0.4, 0.5) is 5.69 Å². The molecule has 0 atom stereocenters. The zero-order valence-electron chi connectivity index (χ0n) is 12.9. The van der Waals surface area contributed by atoms with Crippen LogP contribution in [0.2, 0.25) is 10.0 Å². The first-order chi connectivity index (χ1) is 11.4. The van der Waals surface area contributed by atoms with Crippen LogP contribution in [0.25, 0.3) is 0 Å². The minimum atomic E-state index is -0.432. The summed E-state index contributed by atoms with van der Waals surface area (Å²) in [4.78, 5) is 12.2. The van der Waals surface area contributed by atoms with Crippen molar-refractivity contribution in [2.24, 2.45) is 0 Å². The molecular weight excluding hydrogens is 371 g/mol. The maximum absolute atomic E-state index is 12.2. The van der Waals surface area contributed by atoms with Gasteiger partial charge < -0.3 is 14.8 Å². The van der Waals surface area contributed by atoms with Crippen LogP contribution < -0.4 is 20.1 Å². The number of rotatable bonds is 4. The van der Waals surface area contributed by atoms with Gasteiger partial charge in [-0.1, -0.05) is 23.2 Å². The normalized spacial score (nSPS) is 10.0. The van der Waals surface area contributed by atoms with E-state index in [0.29, 0.717) is 32.8 Å². The van der Waals surface area contributed by atoms with E-state index in [1.54, 1.807) is 25.3 Å². The number of carbonyl (C=O) groups excluding carboxylic acids is 1. The summed E-state index contributed by atoms with van der Waals surface area (Å²) >= 11 is 16.9. The number of nitrogens with one attached hydrogen (secondary N) is 2. The van der Waals surface area contributed by atoms with Crippen molar-refractivity contribution in [1.29, 1.82) is 0 Å². The standard InChI is InChI=1S/C16H14Cl2N2O3S/c1-22-12-3-4-14(23-2)13(8-12)19-16(24)20-15(21)9-5-10(17)7-11(18)6-9/h3-8H,1-2H3,(H2,19,20,21,24). The second-order valence-electron chi connectivity index (χ2n) is 4.63. The van der Waals surface area contributed by atoms with Gasteiger partial charge in [0.15, 0.2) is 5.11 Å². The summed E-state index contributed by atoms with van der Waals surface area (Å²) in [5, 5.41) is 6.27. The maximum Gasteiger partial charge on any atom is 0.257 e. The number of thiocarbonyl (C=S) groups is 1. The molecule has 2 N–H and O–H groups in total. The van der Waals surface area contributed by atoms with Gasteiger partial charge in [0.05, 0.1) is 19.9 Å². The number of benzene rings is 2. The van der Waals surface area contributed by atoms with Crippen molar-refractivity contribution in [2.75, 3.05) is 19.5 Å². The van der Waals surface area contributed by atoms with Crippen LogP contribution in [0.5, 0.6) is 11.5 Å². The lowest BCUT2D eigenvalue weighted by atomic mass is 10.2. The van der Waals surface area contributed by atoms with Gasteiger partial charge in [0.1, 0.15) is 11.5 Å². The third-order valence-corrected chi connectivity index (χ3v) is 3.65. The molecule has 2 aromatic carbocycles. The fourth-order valence-electron chi connectivity index (χ4n) is 1.93. The molecule has 0 aromatic heterocycles. The minimum absolute atomic E-state index is 0.0997. The summed E-state index contributed by atoms with van der Waals surface area (Å²) in [5.74, 6) is 0.742. The Bertz CT molecular complexity index is 764. The number of methoxy groups -OCH3 is 2. The predicted octanol–water partition coefficient (Wildman–Crippen LogP) is 4.14. The molecule has 0 heterocycles. The van der Waals surface area contributed by atoms with Gasteiger partial charge in [0.2, 0.25) is 0 Å². The van der Waals surface area contributed by atoms with Gasteiger partial charge in [0, 0.05) is 21.7 Å². The summed E-state index contributed by atoms with van der Waals surface area (Å²) in [6.07, 6.45) is 0. The van der Waals surface area contributed by atoms with Crippen molar-refractivity contribution in [3.05, 3.63) is 52.0 Å². The zero-order valence-corrected chi connectivity index (χ0v) is 15.2. The number of hydrogen-bond donors (Lipinski definition) is 2. The molecule has 0 saturated heterocycles. The molecule has 2 aromatic rings. The van der Waals surface area contributed by atoms with E-state index in [4.69, 9.17) is 44.9 Å². The SMILES string of the molecule is COc1ccc(OC)c(NC(=S)NC(=O)c2cc(Cl)cc(Cl)c2)c1. The highest BCUT2D eigenvalue weighted by molar-refractivity contribution is 7.80. The number of ether oxygens (including phenoxy) is 2. The maximum atomic E-state index is 12.2. The van der Waals surface area contributed by atoms with Crippen molar-refractivity contribution >= 4 is 52.1 Å². The van der Waals surface area contributed by atoms with Crippen LogP contribution in [0, 0.1) is 0 Å². The average Bonchev–Trinajstić information content (AvgIpc) is 2.53. The Labute approximate surface area is 154 Å². The summed E-state index contributed by atoms with van der Waals surface area (Å²) < 4.78 is 10.4. The fraction of sp³-hybridized carbons (Fsp3) is 0.125. The lowest BCUT2D eigenvalue weighted by molar-refractivity contribution is 0.0977. The van der Waals surface area contributed by atoms with Crippen molar-refractivity contribution in [2.45, 2.75) is 0 Å².